The Balaban J connectivity index is 1.91. The van der Waals surface area contributed by atoms with Gasteiger partial charge in [-0.3, -0.25) is 4.79 Å². The molecule has 0 bridgehead atoms. The molecule has 2 nitrogen and oxygen atoms in total. The van der Waals surface area contributed by atoms with Gasteiger partial charge in [0.15, 0.2) is 0 Å². The SMILES string of the molecule is C[C@H]([C@H](C(=O)Nc1cc(CC2CC2)c(Cl)cc1F)c1ccc(Cl)cc1)C(F)(F)F. The maximum atomic E-state index is 14.4. The standard InChI is InChI=1S/C21H19Cl2F4NO/c1-11(21(25,26)27)19(13-4-6-15(22)7-5-13)20(29)28-18-9-14(8-12-2-3-12)16(23)10-17(18)24/h4-7,9-12,19H,2-3,8H2,1H3,(H,28,29)/t11-,19+/m1/s1. The van der Waals surface area contributed by atoms with Crippen molar-refractivity contribution in [2.24, 2.45) is 11.8 Å². The predicted molar refractivity (Wildman–Crippen MR) is 106 cm³/mol. The molecular weight excluding hydrogens is 429 g/mol. The third kappa shape index (κ3) is 5.43. The molecule has 0 saturated heterocycles. The van der Waals surface area contributed by atoms with Gasteiger partial charge in [0.25, 0.3) is 0 Å². The van der Waals surface area contributed by atoms with Gasteiger partial charge in [-0.25, -0.2) is 4.39 Å². The van der Waals surface area contributed by atoms with Crippen molar-refractivity contribution in [1.29, 1.82) is 0 Å². The molecule has 0 unspecified atom stereocenters. The van der Waals surface area contributed by atoms with Crippen LogP contribution in [0.3, 0.4) is 0 Å². The van der Waals surface area contributed by atoms with Crippen LogP contribution in [0, 0.1) is 17.7 Å². The zero-order valence-corrected chi connectivity index (χ0v) is 17.0. The van der Waals surface area contributed by atoms with Crippen molar-refractivity contribution < 1.29 is 22.4 Å². The van der Waals surface area contributed by atoms with Gasteiger partial charge in [-0.05, 0) is 60.6 Å². The Kier molecular flexibility index (Phi) is 6.44. The van der Waals surface area contributed by atoms with E-state index >= 15 is 0 Å². The Morgan fingerprint density at radius 2 is 1.79 bits per heavy atom. The molecule has 0 spiro atoms. The van der Waals surface area contributed by atoms with Gasteiger partial charge < -0.3 is 5.32 Å². The van der Waals surface area contributed by atoms with Gasteiger partial charge in [-0.2, -0.15) is 13.2 Å². The highest BCUT2D eigenvalue weighted by molar-refractivity contribution is 6.31. The quantitative estimate of drug-likeness (QED) is 0.474. The fourth-order valence-electron chi connectivity index (χ4n) is 3.22. The van der Waals surface area contributed by atoms with E-state index in [9.17, 15) is 22.4 Å². The van der Waals surface area contributed by atoms with Gasteiger partial charge in [-0.1, -0.05) is 42.3 Å². The van der Waals surface area contributed by atoms with Crippen LogP contribution in [-0.4, -0.2) is 12.1 Å². The Morgan fingerprint density at radius 1 is 1.17 bits per heavy atom. The highest BCUT2D eigenvalue weighted by Gasteiger charge is 2.45. The Hall–Kier alpha value is -1.79. The molecule has 0 aliphatic heterocycles. The number of rotatable bonds is 6. The predicted octanol–water partition coefficient (Wildman–Crippen LogP) is 7.01. The van der Waals surface area contributed by atoms with Crippen molar-refractivity contribution >= 4 is 34.8 Å². The van der Waals surface area contributed by atoms with Crippen molar-refractivity contribution in [3.05, 3.63) is 63.4 Å². The molecule has 2 atom stereocenters. The molecule has 1 aliphatic carbocycles. The van der Waals surface area contributed by atoms with Crippen LogP contribution in [0.1, 0.15) is 36.8 Å². The lowest BCUT2D eigenvalue weighted by Crippen LogP contribution is -2.34. The monoisotopic (exact) mass is 447 g/mol. The summed E-state index contributed by atoms with van der Waals surface area (Å²) in [5.74, 6) is -4.82. The van der Waals surface area contributed by atoms with Crippen LogP contribution in [0.5, 0.6) is 0 Å². The molecule has 1 N–H and O–H groups in total. The number of carbonyl (C=O) groups excluding carboxylic acids is 1. The highest BCUT2D eigenvalue weighted by Crippen LogP contribution is 2.39. The largest absolute Gasteiger partial charge is 0.392 e. The van der Waals surface area contributed by atoms with E-state index in [0.717, 1.165) is 25.8 Å². The highest BCUT2D eigenvalue weighted by atomic mass is 35.5. The number of amides is 1. The molecule has 1 fully saturated rings. The minimum atomic E-state index is -4.61. The van der Waals surface area contributed by atoms with E-state index in [4.69, 9.17) is 23.2 Å². The number of hydrogen-bond acceptors (Lipinski definition) is 1. The summed E-state index contributed by atoms with van der Waals surface area (Å²) in [4.78, 5) is 12.8. The Labute approximate surface area is 176 Å². The molecule has 2 aromatic rings. The zero-order valence-electron chi connectivity index (χ0n) is 15.5. The van der Waals surface area contributed by atoms with E-state index in [0.29, 0.717) is 22.9 Å². The first-order valence-electron chi connectivity index (χ1n) is 9.17. The third-order valence-electron chi connectivity index (χ3n) is 5.13. The second-order valence-electron chi connectivity index (χ2n) is 7.42. The molecule has 2 aromatic carbocycles. The second-order valence-corrected chi connectivity index (χ2v) is 8.26. The first kappa shape index (κ1) is 21.9. The summed E-state index contributed by atoms with van der Waals surface area (Å²) in [6, 6.07) is 8.05. The summed E-state index contributed by atoms with van der Waals surface area (Å²) >= 11 is 11.9. The summed E-state index contributed by atoms with van der Waals surface area (Å²) in [7, 11) is 0. The van der Waals surface area contributed by atoms with Crippen LogP contribution in [0.25, 0.3) is 0 Å². The van der Waals surface area contributed by atoms with Gasteiger partial charge in [-0.15, -0.1) is 0 Å². The molecule has 1 amide bonds. The topological polar surface area (TPSA) is 29.1 Å². The molecule has 0 aromatic heterocycles. The molecule has 1 aliphatic rings. The first-order valence-corrected chi connectivity index (χ1v) is 9.93. The van der Waals surface area contributed by atoms with Crippen molar-refractivity contribution in [3.8, 4) is 0 Å². The third-order valence-corrected chi connectivity index (χ3v) is 5.73. The molecule has 29 heavy (non-hydrogen) atoms. The van der Waals surface area contributed by atoms with E-state index in [1.54, 1.807) is 0 Å². The van der Waals surface area contributed by atoms with Crippen LogP contribution in [-0.2, 0) is 11.2 Å². The number of hydrogen-bond donors (Lipinski definition) is 1. The molecule has 0 heterocycles. The Bertz CT molecular complexity index is 895. The second kappa shape index (κ2) is 8.52. The van der Waals surface area contributed by atoms with E-state index < -0.39 is 29.7 Å². The number of carbonyl (C=O) groups is 1. The van der Waals surface area contributed by atoms with Crippen LogP contribution in [0.15, 0.2) is 36.4 Å². The van der Waals surface area contributed by atoms with Gasteiger partial charge in [0.1, 0.15) is 5.82 Å². The summed E-state index contributed by atoms with van der Waals surface area (Å²) in [5.41, 5.74) is 0.630. The average Bonchev–Trinajstić information content (AvgIpc) is 3.44. The van der Waals surface area contributed by atoms with E-state index in [2.05, 4.69) is 5.32 Å². The Morgan fingerprint density at radius 3 is 2.34 bits per heavy atom. The minimum absolute atomic E-state index is 0.143. The fourth-order valence-corrected chi connectivity index (χ4v) is 3.57. The average molecular weight is 448 g/mol. The summed E-state index contributed by atoms with van der Waals surface area (Å²) < 4.78 is 54.6. The van der Waals surface area contributed by atoms with Crippen molar-refractivity contribution in [1.82, 2.24) is 0 Å². The van der Waals surface area contributed by atoms with Crippen molar-refractivity contribution in [3.63, 3.8) is 0 Å². The number of anilines is 1. The van der Waals surface area contributed by atoms with Crippen LogP contribution >= 0.6 is 23.2 Å². The number of nitrogens with one attached hydrogen (secondary N) is 1. The summed E-state index contributed by atoms with van der Waals surface area (Å²) in [6.07, 6.45) is -1.87. The van der Waals surface area contributed by atoms with Crippen LogP contribution < -0.4 is 5.32 Å². The zero-order chi connectivity index (χ0) is 21.3. The van der Waals surface area contributed by atoms with Gasteiger partial charge >= 0.3 is 6.18 Å². The molecule has 8 heteroatoms. The maximum absolute atomic E-state index is 14.4. The molecule has 0 radical (unpaired) electrons. The van der Waals surface area contributed by atoms with E-state index in [1.165, 1.54) is 30.3 Å². The van der Waals surface area contributed by atoms with Crippen LogP contribution in [0.2, 0.25) is 10.0 Å². The van der Waals surface area contributed by atoms with Gasteiger partial charge in [0.05, 0.1) is 17.5 Å². The smallest absolute Gasteiger partial charge is 0.323 e. The molecule has 1 saturated carbocycles. The first-order chi connectivity index (χ1) is 13.6. The summed E-state index contributed by atoms with van der Waals surface area (Å²) in [6.45, 7) is 0.926. The molecular formula is C21H19Cl2F4NO. The maximum Gasteiger partial charge on any atom is 0.392 e. The lowest BCUT2D eigenvalue weighted by atomic mass is 9.86. The fraction of sp³-hybridized carbons (Fsp3) is 0.381. The number of halogens is 6. The van der Waals surface area contributed by atoms with E-state index in [1.807, 2.05) is 0 Å². The van der Waals surface area contributed by atoms with Crippen LogP contribution in [0.4, 0.5) is 23.2 Å². The van der Waals surface area contributed by atoms with Gasteiger partial charge in [0, 0.05) is 10.0 Å². The minimum Gasteiger partial charge on any atom is -0.323 e. The lowest BCUT2D eigenvalue weighted by molar-refractivity contribution is -0.178. The summed E-state index contributed by atoms with van der Waals surface area (Å²) in [5, 5.41) is 2.91. The van der Waals surface area contributed by atoms with Gasteiger partial charge in [0.2, 0.25) is 5.91 Å². The molecule has 3 rings (SSSR count). The lowest BCUT2D eigenvalue weighted by Gasteiger charge is -2.26. The normalized spacial score (nSPS) is 16.4. The number of benzene rings is 2. The van der Waals surface area contributed by atoms with Crippen molar-refractivity contribution in [2.75, 3.05) is 5.32 Å². The van der Waals surface area contributed by atoms with E-state index in [-0.39, 0.29) is 16.3 Å². The molecule has 156 valence electrons. The number of alkyl halides is 3. The van der Waals surface area contributed by atoms with Crippen molar-refractivity contribution in [2.45, 2.75) is 38.3 Å².